The Labute approximate surface area is 144 Å². The summed E-state index contributed by atoms with van der Waals surface area (Å²) in [6, 6.07) is 10.2. The lowest BCUT2D eigenvalue weighted by molar-refractivity contribution is 0.201. The molecule has 0 spiro atoms. The van der Waals surface area contributed by atoms with Gasteiger partial charge in [0, 0.05) is 18.2 Å². The second kappa shape index (κ2) is 4.94. The van der Waals surface area contributed by atoms with Crippen molar-refractivity contribution in [3.05, 3.63) is 53.6 Å². The van der Waals surface area contributed by atoms with Gasteiger partial charge in [0.15, 0.2) is 0 Å². The fraction of sp³-hybridized carbons (Fsp3) is 0.368. The van der Waals surface area contributed by atoms with Gasteiger partial charge in [0.1, 0.15) is 5.82 Å². The molecule has 3 aliphatic rings. The molecule has 1 amide bonds. The van der Waals surface area contributed by atoms with Crippen LogP contribution in [0.15, 0.2) is 36.4 Å². The van der Waals surface area contributed by atoms with Gasteiger partial charge in [-0.15, -0.1) is 0 Å². The molecule has 5 nitrogen and oxygen atoms in total. The SMILES string of the molecule is O=C(O)N1C[C@H]2C[C@H]2c2nc(C3(Nc4ccc(F)cc4)CC3)ccc21. The van der Waals surface area contributed by atoms with Crippen molar-refractivity contribution in [3.8, 4) is 0 Å². The van der Waals surface area contributed by atoms with Crippen molar-refractivity contribution in [2.24, 2.45) is 5.92 Å². The van der Waals surface area contributed by atoms with Crippen LogP contribution in [0.2, 0.25) is 0 Å². The fourth-order valence-corrected chi connectivity index (χ4v) is 3.91. The summed E-state index contributed by atoms with van der Waals surface area (Å²) in [5, 5.41) is 12.9. The van der Waals surface area contributed by atoms with Crippen LogP contribution in [0.25, 0.3) is 0 Å². The molecule has 128 valence electrons. The van der Waals surface area contributed by atoms with Crippen molar-refractivity contribution >= 4 is 17.5 Å². The van der Waals surface area contributed by atoms with Crippen molar-refractivity contribution in [3.63, 3.8) is 0 Å². The Hall–Kier alpha value is -2.63. The van der Waals surface area contributed by atoms with Gasteiger partial charge in [0.2, 0.25) is 0 Å². The summed E-state index contributed by atoms with van der Waals surface area (Å²) in [6.45, 7) is 0.576. The Kier molecular flexibility index (Phi) is 2.90. The molecule has 2 heterocycles. The van der Waals surface area contributed by atoms with Crippen molar-refractivity contribution in [1.82, 2.24) is 4.98 Å². The zero-order chi connectivity index (χ0) is 17.2. The molecule has 0 radical (unpaired) electrons. The topological polar surface area (TPSA) is 65.5 Å². The monoisotopic (exact) mass is 339 g/mol. The van der Waals surface area contributed by atoms with E-state index in [0.29, 0.717) is 18.4 Å². The Morgan fingerprint density at radius 2 is 2.00 bits per heavy atom. The van der Waals surface area contributed by atoms with E-state index in [4.69, 9.17) is 4.98 Å². The predicted molar refractivity (Wildman–Crippen MR) is 91.4 cm³/mol. The molecule has 2 aliphatic carbocycles. The summed E-state index contributed by atoms with van der Waals surface area (Å²) in [7, 11) is 0. The van der Waals surface area contributed by atoms with Crippen molar-refractivity contribution in [2.75, 3.05) is 16.8 Å². The molecule has 2 saturated carbocycles. The van der Waals surface area contributed by atoms with Gasteiger partial charge in [-0.05, 0) is 61.6 Å². The van der Waals surface area contributed by atoms with Crippen LogP contribution in [-0.2, 0) is 5.54 Å². The van der Waals surface area contributed by atoms with Crippen LogP contribution in [-0.4, -0.2) is 22.7 Å². The molecule has 2 fully saturated rings. The highest BCUT2D eigenvalue weighted by Crippen LogP contribution is 2.55. The number of rotatable bonds is 3. The lowest BCUT2D eigenvalue weighted by Gasteiger charge is -2.27. The maximum Gasteiger partial charge on any atom is 0.411 e. The molecule has 2 aromatic rings. The molecule has 25 heavy (non-hydrogen) atoms. The van der Waals surface area contributed by atoms with Crippen LogP contribution in [0.1, 0.15) is 36.6 Å². The molecule has 0 saturated heterocycles. The van der Waals surface area contributed by atoms with Gasteiger partial charge in [-0.2, -0.15) is 0 Å². The van der Waals surface area contributed by atoms with Crippen LogP contribution in [0.3, 0.4) is 0 Å². The van der Waals surface area contributed by atoms with Crippen molar-refractivity contribution in [1.29, 1.82) is 0 Å². The predicted octanol–water partition coefficient (Wildman–Crippen LogP) is 3.92. The number of carbonyl (C=O) groups is 1. The second-order valence-electron chi connectivity index (χ2n) is 7.31. The van der Waals surface area contributed by atoms with E-state index < -0.39 is 6.09 Å². The maximum absolute atomic E-state index is 13.1. The van der Waals surface area contributed by atoms with E-state index in [1.165, 1.54) is 17.0 Å². The van der Waals surface area contributed by atoms with Gasteiger partial charge in [-0.1, -0.05) is 0 Å². The molecule has 1 aliphatic heterocycles. The van der Waals surface area contributed by atoms with Gasteiger partial charge < -0.3 is 10.4 Å². The number of nitrogens with one attached hydrogen (secondary N) is 1. The van der Waals surface area contributed by atoms with Gasteiger partial charge in [-0.3, -0.25) is 9.88 Å². The standard InChI is InChI=1S/C19H18FN3O2/c20-12-1-3-13(4-2-12)22-19(7-8-19)16-6-5-15-17(21-16)14-9-11(14)10-23(15)18(24)25/h1-6,11,14,22H,7-10H2,(H,24,25)/t11-,14-/m1/s1. The fourth-order valence-electron chi connectivity index (χ4n) is 3.91. The summed E-state index contributed by atoms with van der Waals surface area (Å²) in [5.74, 6) is 0.551. The molecule has 6 heteroatoms. The average molecular weight is 339 g/mol. The summed E-state index contributed by atoms with van der Waals surface area (Å²) < 4.78 is 13.1. The Morgan fingerprint density at radius 1 is 1.24 bits per heavy atom. The number of halogens is 1. The number of nitrogens with zero attached hydrogens (tertiary/aromatic N) is 2. The van der Waals surface area contributed by atoms with E-state index in [0.717, 1.165) is 42.0 Å². The minimum atomic E-state index is -0.910. The van der Waals surface area contributed by atoms with Crippen LogP contribution in [0.5, 0.6) is 0 Å². The third-order valence-corrected chi connectivity index (χ3v) is 5.58. The highest BCUT2D eigenvalue weighted by molar-refractivity contribution is 5.88. The van der Waals surface area contributed by atoms with Gasteiger partial charge >= 0.3 is 6.09 Å². The molecule has 2 atom stereocenters. The first-order valence-electron chi connectivity index (χ1n) is 8.61. The number of carboxylic acid groups (broad SMARTS) is 1. The number of hydrogen-bond donors (Lipinski definition) is 2. The number of aromatic nitrogens is 1. The lowest BCUT2D eigenvalue weighted by Crippen LogP contribution is -2.35. The minimum absolute atomic E-state index is 0.219. The minimum Gasteiger partial charge on any atom is -0.465 e. The molecule has 0 unspecified atom stereocenters. The number of benzene rings is 1. The number of pyridine rings is 1. The van der Waals surface area contributed by atoms with Crippen molar-refractivity contribution in [2.45, 2.75) is 30.7 Å². The zero-order valence-electron chi connectivity index (χ0n) is 13.6. The Bertz CT molecular complexity index is 863. The number of fused-ring (bicyclic) bond motifs is 3. The quantitative estimate of drug-likeness (QED) is 0.889. The van der Waals surface area contributed by atoms with E-state index in [1.807, 2.05) is 12.1 Å². The first-order valence-corrected chi connectivity index (χ1v) is 8.61. The normalized spacial score (nSPS) is 24.9. The Balaban J connectivity index is 1.48. The molecule has 2 N–H and O–H groups in total. The summed E-state index contributed by atoms with van der Waals surface area (Å²) in [5.41, 5.74) is 3.25. The molecule has 1 aromatic heterocycles. The van der Waals surface area contributed by atoms with Gasteiger partial charge in [-0.25, -0.2) is 9.18 Å². The van der Waals surface area contributed by atoms with Crippen LogP contribution < -0.4 is 10.2 Å². The van der Waals surface area contributed by atoms with Crippen LogP contribution in [0, 0.1) is 11.7 Å². The molecular formula is C19H18FN3O2. The molecular weight excluding hydrogens is 321 g/mol. The molecule has 1 aromatic carbocycles. The summed E-state index contributed by atoms with van der Waals surface area (Å²) >= 11 is 0. The highest BCUT2D eigenvalue weighted by Gasteiger charge is 2.50. The number of anilines is 2. The van der Waals surface area contributed by atoms with Gasteiger partial charge in [0.25, 0.3) is 0 Å². The summed E-state index contributed by atoms with van der Waals surface area (Å²) in [6.07, 6.45) is 2.04. The van der Waals surface area contributed by atoms with E-state index in [1.54, 1.807) is 12.1 Å². The highest BCUT2D eigenvalue weighted by atomic mass is 19.1. The largest absolute Gasteiger partial charge is 0.465 e. The summed E-state index contributed by atoms with van der Waals surface area (Å²) in [4.78, 5) is 17.8. The van der Waals surface area contributed by atoms with E-state index in [2.05, 4.69) is 5.32 Å². The van der Waals surface area contributed by atoms with Gasteiger partial charge in [0.05, 0.1) is 22.6 Å². The zero-order valence-corrected chi connectivity index (χ0v) is 13.6. The third kappa shape index (κ3) is 2.35. The van der Waals surface area contributed by atoms with E-state index in [-0.39, 0.29) is 11.4 Å². The third-order valence-electron chi connectivity index (χ3n) is 5.58. The smallest absolute Gasteiger partial charge is 0.411 e. The average Bonchev–Trinajstić information content (AvgIpc) is 3.51. The second-order valence-corrected chi connectivity index (χ2v) is 7.31. The first-order chi connectivity index (χ1) is 12.1. The van der Waals surface area contributed by atoms with Crippen LogP contribution in [0.4, 0.5) is 20.6 Å². The van der Waals surface area contributed by atoms with Crippen molar-refractivity contribution < 1.29 is 14.3 Å². The molecule has 0 bridgehead atoms. The van der Waals surface area contributed by atoms with E-state index in [9.17, 15) is 14.3 Å². The van der Waals surface area contributed by atoms with Crippen LogP contribution >= 0.6 is 0 Å². The number of hydrogen-bond acceptors (Lipinski definition) is 3. The molecule has 5 rings (SSSR count). The first kappa shape index (κ1) is 14.7. The lowest BCUT2D eigenvalue weighted by atomic mass is 10.0. The Morgan fingerprint density at radius 3 is 2.68 bits per heavy atom. The van der Waals surface area contributed by atoms with E-state index >= 15 is 0 Å². The maximum atomic E-state index is 13.1. The number of amides is 1.